The molecule has 0 bridgehead atoms. The fourth-order valence-electron chi connectivity index (χ4n) is 5.52. The summed E-state index contributed by atoms with van der Waals surface area (Å²) in [5.74, 6) is -2.04. The number of amides is 1. The van der Waals surface area contributed by atoms with Crippen molar-refractivity contribution in [2.75, 3.05) is 24.3 Å². The number of aromatic nitrogens is 2. The van der Waals surface area contributed by atoms with Crippen LogP contribution in [-0.4, -0.2) is 53.8 Å². The van der Waals surface area contributed by atoms with E-state index in [1.54, 1.807) is 6.92 Å². The SMILES string of the molecule is C[C@@H](NC(=O)C1(OC(=O)C(F)(F)F)CCC(Nc2nc(N(C)C)c3ccccc3n2)CC1)c1cccc2ccccc12. The van der Waals surface area contributed by atoms with E-state index < -0.39 is 29.7 Å². The highest BCUT2D eigenvalue weighted by molar-refractivity contribution is 5.91. The van der Waals surface area contributed by atoms with Crippen LogP contribution in [0.4, 0.5) is 24.9 Å². The first-order valence-corrected chi connectivity index (χ1v) is 13.8. The summed E-state index contributed by atoms with van der Waals surface area (Å²) < 4.78 is 44.9. The van der Waals surface area contributed by atoms with E-state index in [0.29, 0.717) is 11.8 Å². The van der Waals surface area contributed by atoms with Crippen molar-refractivity contribution in [3.63, 3.8) is 0 Å². The van der Waals surface area contributed by atoms with Gasteiger partial charge in [-0.15, -0.1) is 0 Å². The minimum Gasteiger partial charge on any atom is -0.442 e. The van der Waals surface area contributed by atoms with Crippen LogP contribution in [0.15, 0.2) is 66.7 Å². The Labute approximate surface area is 241 Å². The third-order valence-electron chi connectivity index (χ3n) is 7.70. The number of hydrogen-bond acceptors (Lipinski definition) is 7. The van der Waals surface area contributed by atoms with E-state index in [2.05, 4.69) is 20.6 Å². The van der Waals surface area contributed by atoms with Crippen LogP contribution in [0.1, 0.15) is 44.2 Å². The molecule has 0 radical (unpaired) electrons. The molecule has 1 aliphatic carbocycles. The monoisotopic (exact) mass is 579 g/mol. The summed E-state index contributed by atoms with van der Waals surface area (Å²) in [7, 11) is 3.75. The summed E-state index contributed by atoms with van der Waals surface area (Å²) in [4.78, 5) is 36.7. The van der Waals surface area contributed by atoms with Gasteiger partial charge in [-0.3, -0.25) is 4.79 Å². The van der Waals surface area contributed by atoms with Gasteiger partial charge in [0.15, 0.2) is 5.60 Å². The van der Waals surface area contributed by atoms with E-state index in [1.165, 1.54) is 0 Å². The second-order valence-electron chi connectivity index (χ2n) is 10.8. The second kappa shape index (κ2) is 11.5. The van der Waals surface area contributed by atoms with E-state index in [-0.39, 0.29) is 31.7 Å². The molecule has 3 aromatic carbocycles. The smallest absolute Gasteiger partial charge is 0.442 e. The zero-order valence-corrected chi connectivity index (χ0v) is 23.5. The van der Waals surface area contributed by atoms with Gasteiger partial charge >= 0.3 is 12.1 Å². The van der Waals surface area contributed by atoms with Gasteiger partial charge in [-0.05, 0) is 61.1 Å². The molecule has 5 rings (SSSR count). The molecule has 1 heterocycles. The maximum atomic E-state index is 13.6. The molecule has 1 fully saturated rings. The number of nitrogens with one attached hydrogen (secondary N) is 2. The Kier molecular flexibility index (Phi) is 7.94. The number of fused-ring (bicyclic) bond motifs is 2. The maximum absolute atomic E-state index is 13.6. The molecule has 0 spiro atoms. The first kappa shape index (κ1) is 29.1. The minimum absolute atomic E-state index is 0.102. The first-order chi connectivity index (χ1) is 20.0. The number of rotatable bonds is 7. The van der Waals surface area contributed by atoms with Gasteiger partial charge in [0.25, 0.3) is 5.91 Å². The van der Waals surface area contributed by atoms with Gasteiger partial charge in [0.05, 0.1) is 11.6 Å². The van der Waals surface area contributed by atoms with Crippen molar-refractivity contribution in [1.82, 2.24) is 15.3 Å². The zero-order valence-electron chi connectivity index (χ0n) is 23.5. The molecule has 1 aliphatic rings. The molecule has 1 atom stereocenters. The van der Waals surface area contributed by atoms with Crippen LogP contribution < -0.4 is 15.5 Å². The highest BCUT2D eigenvalue weighted by Crippen LogP contribution is 2.37. The maximum Gasteiger partial charge on any atom is 0.490 e. The number of alkyl halides is 3. The number of ether oxygens (including phenoxy) is 1. The highest BCUT2D eigenvalue weighted by Gasteiger charge is 2.51. The van der Waals surface area contributed by atoms with Gasteiger partial charge in [-0.2, -0.15) is 18.2 Å². The average molecular weight is 580 g/mol. The Bertz CT molecular complexity index is 1610. The van der Waals surface area contributed by atoms with Crippen LogP contribution in [0.2, 0.25) is 0 Å². The molecule has 0 unspecified atom stereocenters. The topological polar surface area (TPSA) is 96.4 Å². The molecule has 0 saturated heterocycles. The molecule has 1 saturated carbocycles. The summed E-state index contributed by atoms with van der Waals surface area (Å²) in [6.45, 7) is 1.76. The van der Waals surface area contributed by atoms with Crippen LogP contribution >= 0.6 is 0 Å². The van der Waals surface area contributed by atoms with Crippen LogP contribution in [0.5, 0.6) is 0 Å². The molecule has 0 aliphatic heterocycles. The molecule has 220 valence electrons. The fourth-order valence-corrected chi connectivity index (χ4v) is 5.52. The Balaban J connectivity index is 1.36. The number of halogens is 3. The third-order valence-corrected chi connectivity index (χ3v) is 7.70. The lowest BCUT2D eigenvalue weighted by Crippen LogP contribution is -2.55. The van der Waals surface area contributed by atoms with E-state index in [1.807, 2.05) is 85.7 Å². The molecule has 1 aromatic heterocycles. The number of carbonyl (C=O) groups is 2. The Morgan fingerprint density at radius 3 is 2.29 bits per heavy atom. The standard InChI is InChI=1S/C31H32F3N5O3/c1-19(22-13-8-10-20-9-4-5-11-23(20)22)35-27(40)30(42-28(41)31(32,33)34)17-15-21(16-18-30)36-29-37-25-14-7-6-12-24(25)26(38-29)39(2)3/h4-14,19,21H,15-18H2,1-3H3,(H,35,40)(H,36,37,38)/t19-,21?,30?/m1/s1. The lowest BCUT2D eigenvalue weighted by molar-refractivity contribution is -0.217. The molecule has 8 nitrogen and oxygen atoms in total. The fraction of sp³-hybridized carbons (Fsp3) is 0.355. The van der Waals surface area contributed by atoms with Crippen molar-refractivity contribution in [2.24, 2.45) is 0 Å². The predicted octanol–water partition coefficient (Wildman–Crippen LogP) is 5.93. The normalized spacial score (nSPS) is 19.7. The molecule has 1 amide bonds. The van der Waals surface area contributed by atoms with E-state index in [4.69, 9.17) is 4.74 Å². The van der Waals surface area contributed by atoms with Crippen molar-refractivity contribution < 1.29 is 27.5 Å². The van der Waals surface area contributed by atoms with Crippen molar-refractivity contribution in [2.45, 2.75) is 56.5 Å². The molecule has 2 N–H and O–H groups in total. The Morgan fingerprint density at radius 2 is 1.60 bits per heavy atom. The van der Waals surface area contributed by atoms with Crippen LogP contribution in [0.3, 0.4) is 0 Å². The first-order valence-electron chi connectivity index (χ1n) is 13.8. The average Bonchev–Trinajstić information content (AvgIpc) is 2.96. The summed E-state index contributed by atoms with van der Waals surface area (Å²) in [5.41, 5.74) is -0.424. The zero-order chi connectivity index (χ0) is 30.1. The van der Waals surface area contributed by atoms with Crippen LogP contribution in [0, 0.1) is 0 Å². The number of benzene rings is 3. The van der Waals surface area contributed by atoms with Crippen LogP contribution in [-0.2, 0) is 14.3 Å². The van der Waals surface area contributed by atoms with Gasteiger partial charge < -0.3 is 20.3 Å². The van der Waals surface area contributed by atoms with Gasteiger partial charge in [0.2, 0.25) is 5.95 Å². The predicted molar refractivity (Wildman–Crippen MR) is 155 cm³/mol. The van der Waals surface area contributed by atoms with Gasteiger partial charge in [-0.1, -0.05) is 54.6 Å². The number of hydrogen-bond donors (Lipinski definition) is 2. The second-order valence-corrected chi connectivity index (χ2v) is 10.8. The Hall–Kier alpha value is -4.41. The molecule has 11 heteroatoms. The van der Waals surface area contributed by atoms with Crippen molar-refractivity contribution in [3.8, 4) is 0 Å². The number of para-hydroxylation sites is 1. The highest BCUT2D eigenvalue weighted by atomic mass is 19.4. The van der Waals surface area contributed by atoms with Crippen LogP contribution in [0.25, 0.3) is 21.7 Å². The molecular weight excluding hydrogens is 547 g/mol. The Morgan fingerprint density at radius 1 is 0.952 bits per heavy atom. The number of carbonyl (C=O) groups excluding carboxylic acids is 2. The van der Waals surface area contributed by atoms with Crippen molar-refractivity contribution >= 4 is 45.3 Å². The van der Waals surface area contributed by atoms with Crippen molar-refractivity contribution in [3.05, 3.63) is 72.3 Å². The van der Waals surface area contributed by atoms with Gasteiger partial charge in [0.1, 0.15) is 5.82 Å². The largest absolute Gasteiger partial charge is 0.490 e. The molecule has 4 aromatic rings. The van der Waals surface area contributed by atoms with E-state index in [9.17, 15) is 22.8 Å². The molecule has 42 heavy (non-hydrogen) atoms. The minimum atomic E-state index is -5.23. The number of esters is 1. The third kappa shape index (κ3) is 5.95. The van der Waals surface area contributed by atoms with E-state index in [0.717, 1.165) is 27.2 Å². The van der Waals surface area contributed by atoms with Crippen molar-refractivity contribution in [1.29, 1.82) is 0 Å². The van der Waals surface area contributed by atoms with E-state index >= 15 is 0 Å². The van der Waals surface area contributed by atoms with Gasteiger partial charge in [0, 0.05) is 25.5 Å². The number of nitrogens with zero attached hydrogens (tertiary/aromatic N) is 3. The summed E-state index contributed by atoms with van der Waals surface area (Å²) in [5, 5.41) is 8.86. The summed E-state index contributed by atoms with van der Waals surface area (Å²) in [6.07, 6.45) is -4.92. The lowest BCUT2D eigenvalue weighted by atomic mass is 9.81. The van der Waals surface area contributed by atoms with Gasteiger partial charge in [-0.25, -0.2) is 9.78 Å². The molecular formula is C31H32F3N5O3. The summed E-state index contributed by atoms with van der Waals surface area (Å²) in [6, 6.07) is 20.1. The lowest BCUT2D eigenvalue weighted by Gasteiger charge is -2.39. The summed E-state index contributed by atoms with van der Waals surface area (Å²) >= 11 is 0. The quantitative estimate of drug-likeness (QED) is 0.262. The number of anilines is 2.